The molecule has 86 valence electrons. The monoisotopic (exact) mass is 210 g/mol. The Hall–Kier alpha value is -1.05. The third kappa shape index (κ3) is 10.9. The third-order valence-electron chi connectivity index (χ3n) is 2.01. The van der Waals surface area contributed by atoms with E-state index in [4.69, 9.17) is 4.74 Å². The first-order valence-electron chi connectivity index (χ1n) is 5.72. The predicted molar refractivity (Wildman–Crippen MR) is 63.7 cm³/mol. The van der Waals surface area contributed by atoms with Crippen LogP contribution in [-0.2, 0) is 9.53 Å². The third-order valence-corrected chi connectivity index (χ3v) is 2.01. The van der Waals surface area contributed by atoms with Crippen LogP contribution >= 0.6 is 0 Å². The largest absolute Gasteiger partial charge is 0.466 e. The molecule has 0 aromatic carbocycles. The van der Waals surface area contributed by atoms with Gasteiger partial charge in [0.1, 0.15) is 0 Å². The fourth-order valence-corrected chi connectivity index (χ4v) is 1.21. The van der Waals surface area contributed by atoms with Crippen LogP contribution in [0.15, 0.2) is 24.8 Å². The van der Waals surface area contributed by atoms with Gasteiger partial charge in [0, 0.05) is 6.42 Å². The van der Waals surface area contributed by atoms with E-state index >= 15 is 0 Å². The van der Waals surface area contributed by atoms with Gasteiger partial charge in [0.2, 0.25) is 0 Å². The maximum atomic E-state index is 11.0. The highest BCUT2D eigenvalue weighted by Gasteiger charge is 1.99. The molecule has 0 saturated carbocycles. The molecule has 0 spiro atoms. The molecule has 0 aliphatic carbocycles. The number of allylic oxidation sites excluding steroid dienone is 3. The van der Waals surface area contributed by atoms with E-state index < -0.39 is 0 Å². The van der Waals surface area contributed by atoms with E-state index in [-0.39, 0.29) is 5.97 Å². The highest BCUT2D eigenvalue weighted by molar-refractivity contribution is 5.69. The summed E-state index contributed by atoms with van der Waals surface area (Å²) in [7, 11) is 0. The van der Waals surface area contributed by atoms with Crippen molar-refractivity contribution in [2.24, 2.45) is 0 Å². The van der Waals surface area contributed by atoms with Crippen LogP contribution < -0.4 is 0 Å². The Bertz CT molecular complexity index is 195. The van der Waals surface area contributed by atoms with Crippen molar-refractivity contribution in [2.75, 3.05) is 6.61 Å². The van der Waals surface area contributed by atoms with Crippen LogP contribution in [0.4, 0.5) is 0 Å². The Kier molecular flexibility index (Phi) is 10.3. The SMILES string of the molecule is C=CCC/C=C/CCCCC(=O)OCC. The summed E-state index contributed by atoms with van der Waals surface area (Å²) in [5.74, 6) is -0.0758. The molecule has 0 aromatic heterocycles. The van der Waals surface area contributed by atoms with E-state index in [1.807, 2.05) is 13.0 Å². The number of esters is 1. The minimum Gasteiger partial charge on any atom is -0.466 e. The smallest absolute Gasteiger partial charge is 0.305 e. The Morgan fingerprint density at radius 3 is 2.60 bits per heavy atom. The van der Waals surface area contributed by atoms with Gasteiger partial charge in [-0.05, 0) is 39.0 Å². The second kappa shape index (κ2) is 11.0. The molecule has 0 aromatic rings. The van der Waals surface area contributed by atoms with E-state index in [2.05, 4.69) is 18.7 Å². The maximum absolute atomic E-state index is 11.0. The number of hydrogen-bond acceptors (Lipinski definition) is 2. The van der Waals surface area contributed by atoms with Gasteiger partial charge in [-0.25, -0.2) is 0 Å². The van der Waals surface area contributed by atoms with Gasteiger partial charge in [0.15, 0.2) is 0 Å². The van der Waals surface area contributed by atoms with Gasteiger partial charge in [0.25, 0.3) is 0 Å². The van der Waals surface area contributed by atoms with Crippen molar-refractivity contribution in [3.05, 3.63) is 24.8 Å². The number of carbonyl (C=O) groups is 1. The molecule has 0 amide bonds. The van der Waals surface area contributed by atoms with Gasteiger partial charge in [-0.15, -0.1) is 6.58 Å². The molecule has 0 fully saturated rings. The second-order valence-corrected chi connectivity index (χ2v) is 3.39. The number of ether oxygens (including phenoxy) is 1. The predicted octanol–water partition coefficient (Wildman–Crippen LogP) is 3.63. The highest BCUT2D eigenvalue weighted by Crippen LogP contribution is 2.03. The topological polar surface area (TPSA) is 26.3 Å². The van der Waals surface area contributed by atoms with Crippen molar-refractivity contribution in [3.8, 4) is 0 Å². The Morgan fingerprint density at radius 2 is 1.93 bits per heavy atom. The van der Waals surface area contributed by atoms with Crippen LogP contribution in [0.5, 0.6) is 0 Å². The van der Waals surface area contributed by atoms with Gasteiger partial charge in [0.05, 0.1) is 6.61 Å². The summed E-state index contributed by atoms with van der Waals surface area (Å²) in [6.07, 6.45) is 12.0. The molecular weight excluding hydrogens is 188 g/mol. The second-order valence-electron chi connectivity index (χ2n) is 3.39. The summed E-state index contributed by atoms with van der Waals surface area (Å²) >= 11 is 0. The molecule has 0 atom stereocenters. The first kappa shape index (κ1) is 13.9. The van der Waals surface area contributed by atoms with Crippen LogP contribution in [0.3, 0.4) is 0 Å². The summed E-state index contributed by atoms with van der Waals surface area (Å²) in [6, 6.07) is 0. The average molecular weight is 210 g/mol. The van der Waals surface area contributed by atoms with Gasteiger partial charge in [-0.2, -0.15) is 0 Å². The maximum Gasteiger partial charge on any atom is 0.305 e. The van der Waals surface area contributed by atoms with Gasteiger partial charge in [-0.3, -0.25) is 4.79 Å². The molecule has 2 heteroatoms. The lowest BCUT2D eigenvalue weighted by molar-refractivity contribution is -0.143. The first-order valence-corrected chi connectivity index (χ1v) is 5.72. The van der Waals surface area contributed by atoms with Crippen LogP contribution in [-0.4, -0.2) is 12.6 Å². The average Bonchev–Trinajstić information content (AvgIpc) is 2.22. The van der Waals surface area contributed by atoms with Crippen molar-refractivity contribution < 1.29 is 9.53 Å². The quantitative estimate of drug-likeness (QED) is 0.330. The normalized spacial score (nSPS) is 10.5. The summed E-state index contributed by atoms with van der Waals surface area (Å²) in [6.45, 7) is 5.98. The molecule has 0 radical (unpaired) electrons. The van der Waals surface area contributed by atoms with Gasteiger partial charge >= 0.3 is 5.97 Å². The van der Waals surface area contributed by atoms with Crippen LogP contribution in [0, 0.1) is 0 Å². The number of carbonyl (C=O) groups excluding carboxylic acids is 1. The zero-order valence-corrected chi connectivity index (χ0v) is 9.71. The highest BCUT2D eigenvalue weighted by atomic mass is 16.5. The number of unbranched alkanes of at least 4 members (excludes halogenated alkanes) is 3. The molecule has 0 N–H and O–H groups in total. The van der Waals surface area contributed by atoms with Crippen molar-refractivity contribution in [1.29, 1.82) is 0 Å². The van der Waals surface area contributed by atoms with Gasteiger partial charge in [-0.1, -0.05) is 18.2 Å². The lowest BCUT2D eigenvalue weighted by Gasteiger charge is -1.99. The minimum absolute atomic E-state index is 0.0758. The lowest BCUT2D eigenvalue weighted by atomic mass is 10.1. The Morgan fingerprint density at radius 1 is 1.20 bits per heavy atom. The first-order chi connectivity index (χ1) is 7.31. The standard InChI is InChI=1S/C13H22O2/c1-3-5-6-7-8-9-10-11-12-13(14)15-4-2/h3,7-8H,1,4-6,9-12H2,2H3/b8-7+. The molecule has 2 nitrogen and oxygen atoms in total. The molecule has 0 heterocycles. The van der Waals surface area contributed by atoms with E-state index in [0.717, 1.165) is 32.1 Å². The van der Waals surface area contributed by atoms with Crippen LogP contribution in [0.1, 0.15) is 45.4 Å². The molecule has 0 unspecified atom stereocenters. The van der Waals surface area contributed by atoms with Crippen LogP contribution in [0.2, 0.25) is 0 Å². The van der Waals surface area contributed by atoms with Crippen molar-refractivity contribution in [3.63, 3.8) is 0 Å². The summed E-state index contributed by atoms with van der Waals surface area (Å²) in [4.78, 5) is 11.0. The zero-order chi connectivity index (χ0) is 11.4. The zero-order valence-electron chi connectivity index (χ0n) is 9.71. The summed E-state index contributed by atoms with van der Waals surface area (Å²) < 4.78 is 4.83. The van der Waals surface area contributed by atoms with Gasteiger partial charge < -0.3 is 4.74 Å². The van der Waals surface area contributed by atoms with Crippen molar-refractivity contribution >= 4 is 5.97 Å². The Labute approximate surface area is 93.0 Å². The Balaban J connectivity index is 3.20. The number of hydrogen-bond donors (Lipinski definition) is 0. The van der Waals surface area contributed by atoms with Crippen molar-refractivity contribution in [1.82, 2.24) is 0 Å². The van der Waals surface area contributed by atoms with Crippen molar-refractivity contribution in [2.45, 2.75) is 45.4 Å². The van der Waals surface area contributed by atoms with E-state index in [9.17, 15) is 4.79 Å². The molecule has 0 bridgehead atoms. The van der Waals surface area contributed by atoms with E-state index in [0.29, 0.717) is 13.0 Å². The molecule has 0 aliphatic rings. The molecule has 15 heavy (non-hydrogen) atoms. The fourth-order valence-electron chi connectivity index (χ4n) is 1.21. The molecule has 0 saturated heterocycles. The lowest BCUT2D eigenvalue weighted by Crippen LogP contribution is -2.02. The molecule has 0 aliphatic heterocycles. The van der Waals surface area contributed by atoms with E-state index in [1.54, 1.807) is 0 Å². The molecular formula is C13H22O2. The van der Waals surface area contributed by atoms with E-state index in [1.165, 1.54) is 0 Å². The fraction of sp³-hybridized carbons (Fsp3) is 0.615. The summed E-state index contributed by atoms with van der Waals surface area (Å²) in [5.41, 5.74) is 0. The molecule has 0 rings (SSSR count). The number of rotatable bonds is 9. The van der Waals surface area contributed by atoms with Crippen LogP contribution in [0.25, 0.3) is 0 Å². The summed E-state index contributed by atoms with van der Waals surface area (Å²) in [5, 5.41) is 0. The minimum atomic E-state index is -0.0758.